The lowest BCUT2D eigenvalue weighted by molar-refractivity contribution is -0.145. The zero-order chi connectivity index (χ0) is 12.4. The molecule has 0 spiro atoms. The zero-order valence-corrected chi connectivity index (χ0v) is 10.8. The summed E-state index contributed by atoms with van der Waals surface area (Å²) in [5, 5.41) is 2.99. The van der Waals surface area contributed by atoms with Gasteiger partial charge in [0.1, 0.15) is 0 Å². The van der Waals surface area contributed by atoms with Gasteiger partial charge in [0.15, 0.2) is 6.23 Å². The second-order valence-corrected chi connectivity index (χ2v) is 4.17. The molecule has 0 aromatic rings. The van der Waals surface area contributed by atoms with Crippen LogP contribution in [0, 0.1) is 0 Å². The topological polar surface area (TPSA) is 38.3 Å². The minimum atomic E-state index is -0.312. The molecule has 1 N–H and O–H groups in total. The van der Waals surface area contributed by atoms with Crippen LogP contribution >= 0.6 is 0 Å². The first-order valence-electron chi connectivity index (χ1n) is 6.15. The molecule has 0 saturated heterocycles. The highest BCUT2D eigenvalue weighted by molar-refractivity contribution is 5.87. The van der Waals surface area contributed by atoms with Crippen molar-refractivity contribution in [2.45, 2.75) is 58.6 Å². The van der Waals surface area contributed by atoms with E-state index in [9.17, 15) is 4.79 Å². The third-order valence-electron chi connectivity index (χ3n) is 2.49. The van der Waals surface area contributed by atoms with E-state index in [-0.39, 0.29) is 12.2 Å². The van der Waals surface area contributed by atoms with Crippen molar-refractivity contribution in [2.75, 3.05) is 7.05 Å². The summed E-state index contributed by atoms with van der Waals surface area (Å²) in [5.74, 6) is -0.312. The van der Waals surface area contributed by atoms with Crippen molar-refractivity contribution < 1.29 is 9.53 Å². The number of ether oxygens (including phenoxy) is 1. The standard InChI is InChI=1S/C13H25NO2/c1-5-6-7-8-9-10-12(14-4)16-13(15)11(2)3/h12,14H,2,5-10H2,1,3-4H3. The third kappa shape index (κ3) is 7.46. The molecule has 0 amide bonds. The van der Waals surface area contributed by atoms with E-state index in [1.54, 1.807) is 6.92 Å². The molecular weight excluding hydrogens is 202 g/mol. The van der Waals surface area contributed by atoms with Crippen LogP contribution < -0.4 is 5.32 Å². The summed E-state index contributed by atoms with van der Waals surface area (Å²) in [6.07, 6.45) is 6.80. The molecule has 1 atom stereocenters. The molecule has 3 heteroatoms. The minimum Gasteiger partial charge on any atom is -0.443 e. The molecule has 0 heterocycles. The average molecular weight is 227 g/mol. The van der Waals surface area contributed by atoms with Crippen molar-refractivity contribution in [3.05, 3.63) is 12.2 Å². The van der Waals surface area contributed by atoms with E-state index in [1.165, 1.54) is 25.7 Å². The third-order valence-corrected chi connectivity index (χ3v) is 2.49. The second kappa shape index (κ2) is 9.40. The molecule has 1 unspecified atom stereocenters. The smallest absolute Gasteiger partial charge is 0.334 e. The SMILES string of the molecule is C=C(C)C(=O)OC(CCCCCCC)NC. The summed E-state index contributed by atoms with van der Waals surface area (Å²) in [4.78, 5) is 11.3. The van der Waals surface area contributed by atoms with E-state index >= 15 is 0 Å². The van der Waals surface area contributed by atoms with Gasteiger partial charge in [0.25, 0.3) is 0 Å². The molecule has 0 saturated carbocycles. The highest BCUT2D eigenvalue weighted by Crippen LogP contribution is 2.09. The number of carbonyl (C=O) groups excluding carboxylic acids is 1. The van der Waals surface area contributed by atoms with Crippen molar-refractivity contribution in [2.24, 2.45) is 0 Å². The van der Waals surface area contributed by atoms with E-state index in [0.717, 1.165) is 12.8 Å². The molecule has 0 aliphatic rings. The second-order valence-electron chi connectivity index (χ2n) is 4.17. The van der Waals surface area contributed by atoms with E-state index in [1.807, 2.05) is 7.05 Å². The Kier molecular flexibility index (Phi) is 8.91. The minimum absolute atomic E-state index is 0.175. The van der Waals surface area contributed by atoms with Crippen molar-refractivity contribution in [3.8, 4) is 0 Å². The van der Waals surface area contributed by atoms with Gasteiger partial charge >= 0.3 is 5.97 Å². The lowest BCUT2D eigenvalue weighted by Gasteiger charge is -2.16. The predicted octanol–water partition coefficient (Wildman–Crippen LogP) is 3.01. The normalized spacial score (nSPS) is 12.2. The van der Waals surface area contributed by atoms with Crippen LogP contribution in [0.3, 0.4) is 0 Å². The molecular formula is C13H25NO2. The predicted molar refractivity (Wildman–Crippen MR) is 67.1 cm³/mol. The van der Waals surface area contributed by atoms with Gasteiger partial charge in [-0.25, -0.2) is 4.79 Å². The summed E-state index contributed by atoms with van der Waals surface area (Å²) in [5.41, 5.74) is 0.450. The number of unbranched alkanes of at least 4 members (excludes halogenated alkanes) is 4. The van der Waals surface area contributed by atoms with Gasteiger partial charge in [-0.05, 0) is 26.8 Å². The molecule has 0 bridgehead atoms. The summed E-state index contributed by atoms with van der Waals surface area (Å²) in [6.45, 7) is 7.42. The van der Waals surface area contributed by atoms with Crippen LogP contribution in [0.1, 0.15) is 52.4 Å². The van der Waals surface area contributed by atoms with E-state index < -0.39 is 0 Å². The molecule has 0 fully saturated rings. The largest absolute Gasteiger partial charge is 0.443 e. The van der Waals surface area contributed by atoms with Crippen LogP contribution in [-0.2, 0) is 9.53 Å². The first kappa shape index (κ1) is 15.2. The zero-order valence-electron chi connectivity index (χ0n) is 10.8. The van der Waals surface area contributed by atoms with Crippen molar-refractivity contribution in [1.29, 1.82) is 0 Å². The van der Waals surface area contributed by atoms with Gasteiger partial charge in [0.2, 0.25) is 0 Å². The van der Waals surface area contributed by atoms with Crippen LogP contribution in [-0.4, -0.2) is 19.2 Å². The van der Waals surface area contributed by atoms with E-state index in [2.05, 4.69) is 18.8 Å². The van der Waals surface area contributed by atoms with Crippen molar-refractivity contribution in [3.63, 3.8) is 0 Å². The summed E-state index contributed by atoms with van der Waals surface area (Å²) in [7, 11) is 1.81. The van der Waals surface area contributed by atoms with Crippen LogP contribution in [0.2, 0.25) is 0 Å². The van der Waals surface area contributed by atoms with Gasteiger partial charge in [0, 0.05) is 5.57 Å². The molecule has 0 aliphatic heterocycles. The van der Waals surface area contributed by atoms with Crippen LogP contribution in [0.25, 0.3) is 0 Å². The van der Waals surface area contributed by atoms with Crippen LogP contribution in [0.5, 0.6) is 0 Å². The molecule has 0 radical (unpaired) electrons. The highest BCUT2D eigenvalue weighted by Gasteiger charge is 2.11. The molecule has 16 heavy (non-hydrogen) atoms. The highest BCUT2D eigenvalue weighted by atomic mass is 16.6. The Hall–Kier alpha value is -0.830. The van der Waals surface area contributed by atoms with Gasteiger partial charge in [-0.3, -0.25) is 5.32 Å². The average Bonchev–Trinajstić information content (AvgIpc) is 2.26. The van der Waals surface area contributed by atoms with E-state index in [0.29, 0.717) is 5.57 Å². The fourth-order valence-electron chi connectivity index (χ4n) is 1.43. The Morgan fingerprint density at radius 3 is 2.44 bits per heavy atom. The lowest BCUT2D eigenvalue weighted by Crippen LogP contribution is -2.31. The summed E-state index contributed by atoms with van der Waals surface area (Å²) < 4.78 is 5.22. The Morgan fingerprint density at radius 2 is 1.94 bits per heavy atom. The molecule has 0 aromatic carbocycles. The number of rotatable bonds is 9. The number of esters is 1. The number of hydrogen-bond donors (Lipinski definition) is 1. The maximum Gasteiger partial charge on any atom is 0.334 e. The Balaban J connectivity index is 3.67. The summed E-state index contributed by atoms with van der Waals surface area (Å²) >= 11 is 0. The van der Waals surface area contributed by atoms with Crippen molar-refractivity contribution >= 4 is 5.97 Å². The van der Waals surface area contributed by atoms with Crippen LogP contribution in [0.15, 0.2) is 12.2 Å². The van der Waals surface area contributed by atoms with Gasteiger partial charge in [-0.1, -0.05) is 39.2 Å². The van der Waals surface area contributed by atoms with Gasteiger partial charge in [-0.2, -0.15) is 0 Å². The Bertz CT molecular complexity index is 214. The van der Waals surface area contributed by atoms with Gasteiger partial charge in [0.05, 0.1) is 0 Å². The molecule has 0 rings (SSSR count). The Labute approximate surface area is 99.3 Å². The lowest BCUT2D eigenvalue weighted by atomic mass is 10.1. The molecule has 94 valence electrons. The quantitative estimate of drug-likeness (QED) is 0.285. The maximum atomic E-state index is 11.3. The first-order chi connectivity index (χ1) is 7.61. The molecule has 0 aromatic heterocycles. The maximum absolute atomic E-state index is 11.3. The molecule has 3 nitrogen and oxygen atoms in total. The monoisotopic (exact) mass is 227 g/mol. The van der Waals surface area contributed by atoms with Crippen molar-refractivity contribution in [1.82, 2.24) is 5.32 Å². The number of hydrogen-bond acceptors (Lipinski definition) is 3. The fourth-order valence-corrected chi connectivity index (χ4v) is 1.43. The van der Waals surface area contributed by atoms with Crippen LogP contribution in [0.4, 0.5) is 0 Å². The number of nitrogens with one attached hydrogen (secondary N) is 1. The number of carbonyl (C=O) groups is 1. The van der Waals surface area contributed by atoms with Gasteiger partial charge < -0.3 is 4.74 Å². The van der Waals surface area contributed by atoms with Gasteiger partial charge in [-0.15, -0.1) is 0 Å². The fraction of sp³-hybridized carbons (Fsp3) is 0.769. The Morgan fingerprint density at radius 1 is 1.31 bits per heavy atom. The first-order valence-corrected chi connectivity index (χ1v) is 6.15. The van der Waals surface area contributed by atoms with E-state index in [4.69, 9.17) is 4.74 Å². The summed E-state index contributed by atoms with van der Waals surface area (Å²) in [6, 6.07) is 0. The molecule has 0 aliphatic carbocycles.